The molecule has 0 aliphatic carbocycles. The number of rotatable bonds is 1. The van der Waals surface area contributed by atoms with Crippen molar-refractivity contribution in [2.75, 3.05) is 0 Å². The number of aryl methyl sites for hydroxylation is 1. The Morgan fingerprint density at radius 2 is 1.85 bits per heavy atom. The van der Waals surface area contributed by atoms with Gasteiger partial charge >= 0.3 is 0 Å². The molecule has 0 spiro atoms. The number of aromatic nitrogens is 1. The number of hydrogen-bond acceptors (Lipinski definition) is 2. The number of halogens is 3. The summed E-state index contributed by atoms with van der Waals surface area (Å²) >= 11 is 16.9. The molecule has 1 aromatic rings. The molecule has 1 heterocycles. The summed E-state index contributed by atoms with van der Waals surface area (Å²) in [6.07, 6.45) is 0. The largest absolute Gasteiger partial charge is 0.275 e. The first-order valence-electron chi connectivity index (χ1n) is 3.47. The molecular formula is C8H6Cl3NO. The van der Waals surface area contributed by atoms with Crippen LogP contribution in [0.15, 0.2) is 0 Å². The van der Waals surface area contributed by atoms with E-state index in [1.807, 2.05) is 0 Å². The van der Waals surface area contributed by atoms with Gasteiger partial charge < -0.3 is 0 Å². The van der Waals surface area contributed by atoms with Gasteiger partial charge in [0.15, 0.2) is 0 Å². The summed E-state index contributed by atoms with van der Waals surface area (Å²) < 4.78 is 0. The van der Waals surface area contributed by atoms with Gasteiger partial charge in [-0.3, -0.25) is 4.79 Å². The molecule has 0 aromatic carbocycles. The summed E-state index contributed by atoms with van der Waals surface area (Å²) in [7, 11) is 0. The van der Waals surface area contributed by atoms with Crippen LogP contribution in [0, 0.1) is 13.8 Å². The average molecular weight is 239 g/mol. The average Bonchev–Trinajstić information content (AvgIpc) is 1.99. The molecule has 0 saturated heterocycles. The van der Waals surface area contributed by atoms with E-state index in [4.69, 9.17) is 34.8 Å². The Labute approximate surface area is 90.8 Å². The molecule has 0 unspecified atom stereocenters. The van der Waals surface area contributed by atoms with E-state index in [0.29, 0.717) is 16.3 Å². The lowest BCUT2D eigenvalue weighted by atomic mass is 10.1. The topological polar surface area (TPSA) is 30.0 Å². The van der Waals surface area contributed by atoms with Crippen LogP contribution in [0.5, 0.6) is 0 Å². The van der Waals surface area contributed by atoms with Crippen LogP contribution in [0.2, 0.25) is 10.2 Å². The van der Waals surface area contributed by atoms with E-state index in [2.05, 4.69) is 4.98 Å². The lowest BCUT2D eigenvalue weighted by molar-refractivity contribution is 0.108. The molecule has 2 nitrogen and oxygen atoms in total. The van der Waals surface area contributed by atoms with Crippen LogP contribution < -0.4 is 0 Å². The zero-order valence-electron chi connectivity index (χ0n) is 6.99. The van der Waals surface area contributed by atoms with E-state index in [1.165, 1.54) is 0 Å². The van der Waals surface area contributed by atoms with Gasteiger partial charge in [0.25, 0.3) is 5.24 Å². The lowest BCUT2D eigenvalue weighted by Gasteiger charge is -2.07. The lowest BCUT2D eigenvalue weighted by Crippen LogP contribution is -2.00. The molecule has 13 heavy (non-hydrogen) atoms. The molecule has 0 radical (unpaired) electrons. The maximum atomic E-state index is 10.9. The van der Waals surface area contributed by atoms with Crippen LogP contribution in [0.4, 0.5) is 0 Å². The van der Waals surface area contributed by atoms with Gasteiger partial charge in [-0.15, -0.1) is 0 Å². The van der Waals surface area contributed by atoms with Crippen molar-refractivity contribution in [1.82, 2.24) is 4.98 Å². The zero-order chi connectivity index (χ0) is 10.2. The summed E-state index contributed by atoms with van der Waals surface area (Å²) in [5.74, 6) is 0. The maximum absolute atomic E-state index is 10.9. The van der Waals surface area contributed by atoms with Crippen LogP contribution in [0.25, 0.3) is 0 Å². The number of carbonyl (C=O) groups is 1. The highest BCUT2D eigenvalue weighted by Gasteiger charge is 2.16. The van der Waals surface area contributed by atoms with Crippen molar-refractivity contribution in [3.63, 3.8) is 0 Å². The predicted molar refractivity (Wildman–Crippen MR) is 53.9 cm³/mol. The number of hydrogen-bond donors (Lipinski definition) is 0. The number of pyridine rings is 1. The van der Waals surface area contributed by atoms with Crippen molar-refractivity contribution >= 4 is 40.0 Å². The van der Waals surface area contributed by atoms with E-state index in [9.17, 15) is 4.79 Å². The minimum absolute atomic E-state index is 0.0967. The van der Waals surface area contributed by atoms with E-state index >= 15 is 0 Å². The Morgan fingerprint density at radius 1 is 1.31 bits per heavy atom. The molecule has 70 valence electrons. The molecule has 5 heteroatoms. The fraction of sp³-hybridized carbons (Fsp3) is 0.250. The highest BCUT2D eigenvalue weighted by molar-refractivity contribution is 6.69. The monoisotopic (exact) mass is 237 g/mol. The first-order chi connectivity index (χ1) is 5.95. The second-order valence-corrected chi connectivity index (χ2v) is 3.65. The quantitative estimate of drug-likeness (QED) is 0.554. The van der Waals surface area contributed by atoms with Gasteiger partial charge in [-0.25, -0.2) is 4.98 Å². The normalized spacial score (nSPS) is 10.2. The SMILES string of the molecule is Cc1nc(Cl)c(C(=O)Cl)c(C)c1Cl. The first-order valence-corrected chi connectivity index (χ1v) is 4.60. The van der Waals surface area contributed by atoms with Gasteiger partial charge in [0, 0.05) is 0 Å². The Hall–Kier alpha value is -0.310. The number of carbonyl (C=O) groups excluding carboxylic acids is 1. The number of nitrogens with zero attached hydrogens (tertiary/aromatic N) is 1. The molecule has 1 aromatic heterocycles. The minimum atomic E-state index is -0.642. The summed E-state index contributed by atoms with van der Waals surface area (Å²) in [5.41, 5.74) is 1.34. The van der Waals surface area contributed by atoms with Crippen LogP contribution in [0.3, 0.4) is 0 Å². The Bertz CT molecular complexity index is 376. The first kappa shape index (κ1) is 10.8. The summed E-state index contributed by atoms with van der Waals surface area (Å²) in [5, 5.41) is -0.121. The van der Waals surface area contributed by atoms with Gasteiger partial charge in [0.1, 0.15) is 5.15 Å². The van der Waals surface area contributed by atoms with Gasteiger partial charge in [-0.05, 0) is 31.0 Å². The maximum Gasteiger partial charge on any atom is 0.255 e. The van der Waals surface area contributed by atoms with Crippen molar-refractivity contribution in [1.29, 1.82) is 0 Å². The van der Waals surface area contributed by atoms with E-state index in [-0.39, 0.29) is 10.7 Å². The minimum Gasteiger partial charge on any atom is -0.275 e. The van der Waals surface area contributed by atoms with Crippen molar-refractivity contribution in [2.45, 2.75) is 13.8 Å². The van der Waals surface area contributed by atoms with Crippen LogP contribution >= 0.6 is 34.8 Å². The Morgan fingerprint density at radius 3 is 2.31 bits per heavy atom. The van der Waals surface area contributed by atoms with Crippen molar-refractivity contribution in [2.24, 2.45) is 0 Å². The van der Waals surface area contributed by atoms with Gasteiger partial charge in [0.05, 0.1) is 16.3 Å². The second kappa shape index (κ2) is 3.82. The van der Waals surface area contributed by atoms with Gasteiger partial charge in [-0.2, -0.15) is 0 Å². The molecule has 0 N–H and O–H groups in total. The summed E-state index contributed by atoms with van der Waals surface area (Å²) in [6, 6.07) is 0. The van der Waals surface area contributed by atoms with E-state index in [0.717, 1.165) is 0 Å². The Balaban J connectivity index is 3.53. The van der Waals surface area contributed by atoms with Crippen molar-refractivity contribution in [3.8, 4) is 0 Å². The fourth-order valence-corrected chi connectivity index (χ4v) is 1.79. The summed E-state index contributed by atoms with van der Waals surface area (Å²) in [4.78, 5) is 14.8. The molecule has 0 amide bonds. The molecule has 1 rings (SSSR count). The van der Waals surface area contributed by atoms with Crippen molar-refractivity contribution < 1.29 is 4.79 Å². The third-order valence-electron chi connectivity index (χ3n) is 1.69. The molecule has 0 aliphatic heterocycles. The zero-order valence-corrected chi connectivity index (χ0v) is 9.26. The molecule has 0 aliphatic rings. The standard InChI is InChI=1S/C8H6Cl3NO/c1-3-5(8(11)13)7(10)12-4(2)6(3)9/h1-2H3. The van der Waals surface area contributed by atoms with Gasteiger partial charge in [0.2, 0.25) is 0 Å². The Kier molecular flexibility index (Phi) is 3.17. The highest BCUT2D eigenvalue weighted by Crippen LogP contribution is 2.27. The molecule has 0 fully saturated rings. The van der Waals surface area contributed by atoms with Crippen LogP contribution in [-0.2, 0) is 0 Å². The van der Waals surface area contributed by atoms with E-state index < -0.39 is 5.24 Å². The van der Waals surface area contributed by atoms with Gasteiger partial charge in [-0.1, -0.05) is 23.2 Å². The van der Waals surface area contributed by atoms with Crippen LogP contribution in [-0.4, -0.2) is 10.2 Å². The molecule has 0 atom stereocenters. The fourth-order valence-electron chi connectivity index (χ4n) is 1.02. The van der Waals surface area contributed by atoms with Crippen LogP contribution in [0.1, 0.15) is 21.6 Å². The summed E-state index contributed by atoms with van der Waals surface area (Å²) in [6.45, 7) is 3.39. The molecular weight excluding hydrogens is 232 g/mol. The highest BCUT2D eigenvalue weighted by atomic mass is 35.5. The smallest absolute Gasteiger partial charge is 0.255 e. The second-order valence-electron chi connectivity index (χ2n) is 2.58. The third kappa shape index (κ3) is 1.96. The molecule has 0 bridgehead atoms. The van der Waals surface area contributed by atoms with E-state index in [1.54, 1.807) is 13.8 Å². The molecule has 0 saturated carbocycles. The third-order valence-corrected chi connectivity index (χ3v) is 2.71. The predicted octanol–water partition coefficient (Wildman–Crippen LogP) is 3.38. The van der Waals surface area contributed by atoms with Crippen molar-refractivity contribution in [3.05, 3.63) is 27.0 Å².